The minimum Gasteiger partial charge on any atom is -0.322 e. The molecule has 2 nitrogen and oxygen atoms in total. The van der Waals surface area contributed by atoms with Gasteiger partial charge in [0.25, 0.3) is 5.91 Å². The Hall–Kier alpha value is -0.840. The molecule has 0 unspecified atom stereocenters. The monoisotopic (exact) mass is 415 g/mol. The second-order valence-electron chi connectivity index (χ2n) is 4.23. The highest BCUT2D eigenvalue weighted by Crippen LogP contribution is 2.25. The molecule has 1 amide bonds. The first kappa shape index (κ1) is 15.5. The molecule has 0 heterocycles. The van der Waals surface area contributed by atoms with Crippen molar-refractivity contribution >= 4 is 55.1 Å². The molecule has 0 bridgehead atoms. The Labute approximate surface area is 139 Å². The zero-order valence-electron chi connectivity index (χ0n) is 10.7. The lowest BCUT2D eigenvalue weighted by Crippen LogP contribution is -2.13. The third-order valence-corrected chi connectivity index (χ3v) is 4.26. The molecule has 0 fully saturated rings. The average Bonchev–Trinajstić information content (AvgIpc) is 2.40. The van der Waals surface area contributed by atoms with E-state index >= 15 is 0 Å². The molecular formula is C15H12Br2ClNO. The summed E-state index contributed by atoms with van der Waals surface area (Å²) in [6.07, 6.45) is 0.844. The number of rotatable bonds is 3. The molecule has 2 aromatic carbocycles. The number of amides is 1. The van der Waals surface area contributed by atoms with Gasteiger partial charge in [0.05, 0.1) is 5.56 Å². The van der Waals surface area contributed by atoms with Crippen molar-refractivity contribution < 1.29 is 4.79 Å². The van der Waals surface area contributed by atoms with Crippen molar-refractivity contribution in [1.82, 2.24) is 0 Å². The molecule has 5 heteroatoms. The lowest BCUT2D eigenvalue weighted by molar-refractivity contribution is 0.102. The van der Waals surface area contributed by atoms with E-state index in [9.17, 15) is 4.79 Å². The predicted octanol–water partition coefficient (Wildman–Crippen LogP) is 5.68. The molecule has 0 saturated carbocycles. The predicted molar refractivity (Wildman–Crippen MR) is 90.6 cm³/mol. The number of anilines is 1. The molecule has 0 aliphatic rings. The Balaban J connectivity index is 2.28. The van der Waals surface area contributed by atoms with E-state index in [1.807, 2.05) is 18.2 Å². The highest BCUT2D eigenvalue weighted by Gasteiger charge is 2.12. The largest absolute Gasteiger partial charge is 0.322 e. The van der Waals surface area contributed by atoms with Crippen molar-refractivity contribution in [3.63, 3.8) is 0 Å². The topological polar surface area (TPSA) is 29.1 Å². The summed E-state index contributed by atoms with van der Waals surface area (Å²) < 4.78 is 1.68. The number of hydrogen-bond donors (Lipinski definition) is 1. The zero-order valence-corrected chi connectivity index (χ0v) is 14.6. The van der Waals surface area contributed by atoms with Crippen molar-refractivity contribution in [2.45, 2.75) is 13.3 Å². The normalized spacial score (nSPS) is 10.4. The van der Waals surface area contributed by atoms with Gasteiger partial charge in [-0.2, -0.15) is 0 Å². The SMILES string of the molecule is CCc1cc(Br)ccc1NC(=O)c1ccc(Cl)cc1Br. The maximum absolute atomic E-state index is 12.3. The molecule has 0 aliphatic carbocycles. The van der Waals surface area contributed by atoms with Crippen LogP contribution in [-0.4, -0.2) is 5.91 Å². The van der Waals surface area contributed by atoms with Crippen molar-refractivity contribution in [3.8, 4) is 0 Å². The third-order valence-electron chi connectivity index (χ3n) is 2.87. The highest BCUT2D eigenvalue weighted by atomic mass is 79.9. The van der Waals surface area contributed by atoms with Crippen molar-refractivity contribution in [3.05, 3.63) is 61.5 Å². The standard InChI is InChI=1S/C15H12Br2ClNO/c1-2-9-7-10(16)3-6-14(9)19-15(20)12-5-4-11(18)8-13(12)17/h3-8H,2H2,1H3,(H,19,20). The number of nitrogens with one attached hydrogen (secondary N) is 1. The Kier molecular flexibility index (Phi) is 5.24. The average molecular weight is 418 g/mol. The highest BCUT2D eigenvalue weighted by molar-refractivity contribution is 9.10. The summed E-state index contributed by atoms with van der Waals surface area (Å²) >= 11 is 12.7. The minimum absolute atomic E-state index is 0.162. The molecule has 2 aromatic rings. The van der Waals surface area contributed by atoms with Gasteiger partial charge in [0.2, 0.25) is 0 Å². The number of aryl methyl sites for hydroxylation is 1. The smallest absolute Gasteiger partial charge is 0.256 e. The van der Waals surface area contributed by atoms with Crippen LogP contribution in [0.5, 0.6) is 0 Å². The van der Waals surface area contributed by atoms with Crippen LogP contribution >= 0.6 is 43.5 Å². The maximum atomic E-state index is 12.3. The molecule has 2 rings (SSSR count). The lowest BCUT2D eigenvalue weighted by Gasteiger charge is -2.11. The van der Waals surface area contributed by atoms with Gasteiger partial charge in [0, 0.05) is 19.7 Å². The first-order valence-electron chi connectivity index (χ1n) is 6.06. The molecule has 20 heavy (non-hydrogen) atoms. The van der Waals surface area contributed by atoms with E-state index < -0.39 is 0 Å². The van der Waals surface area contributed by atoms with Crippen LogP contribution in [-0.2, 0) is 6.42 Å². The van der Waals surface area contributed by atoms with Crippen molar-refractivity contribution in [2.75, 3.05) is 5.32 Å². The van der Waals surface area contributed by atoms with Crippen LogP contribution in [0, 0.1) is 0 Å². The van der Waals surface area contributed by atoms with Crippen LogP contribution in [0.25, 0.3) is 0 Å². The Bertz CT molecular complexity index is 658. The summed E-state index contributed by atoms with van der Waals surface area (Å²) in [5.74, 6) is -0.162. The number of carbonyl (C=O) groups is 1. The molecule has 0 atom stereocenters. The summed E-state index contributed by atoms with van der Waals surface area (Å²) in [7, 11) is 0. The summed E-state index contributed by atoms with van der Waals surface area (Å²) in [6, 6.07) is 10.9. The maximum Gasteiger partial charge on any atom is 0.256 e. The fourth-order valence-corrected chi connectivity index (χ4v) is 3.11. The first-order valence-corrected chi connectivity index (χ1v) is 8.02. The van der Waals surface area contributed by atoms with Gasteiger partial charge in [-0.05, 0) is 64.3 Å². The van der Waals surface area contributed by atoms with Crippen LogP contribution in [0.2, 0.25) is 5.02 Å². The third kappa shape index (κ3) is 3.62. The van der Waals surface area contributed by atoms with Gasteiger partial charge in [0.15, 0.2) is 0 Å². The van der Waals surface area contributed by atoms with E-state index in [2.05, 4.69) is 44.1 Å². The lowest BCUT2D eigenvalue weighted by atomic mass is 10.1. The van der Waals surface area contributed by atoms with Crippen molar-refractivity contribution in [1.29, 1.82) is 0 Å². The molecular weight excluding hydrogens is 405 g/mol. The second kappa shape index (κ2) is 6.74. The van der Waals surface area contributed by atoms with Gasteiger partial charge >= 0.3 is 0 Å². The number of hydrogen-bond acceptors (Lipinski definition) is 1. The number of benzene rings is 2. The van der Waals surface area contributed by atoms with Gasteiger partial charge in [-0.25, -0.2) is 0 Å². The molecule has 0 aromatic heterocycles. The van der Waals surface area contributed by atoms with Gasteiger partial charge < -0.3 is 5.32 Å². The number of carbonyl (C=O) groups excluding carboxylic acids is 1. The van der Waals surface area contributed by atoms with E-state index in [-0.39, 0.29) is 5.91 Å². The Morgan fingerprint density at radius 3 is 2.60 bits per heavy atom. The van der Waals surface area contributed by atoms with Gasteiger partial charge in [-0.1, -0.05) is 34.5 Å². The number of halogens is 3. The summed E-state index contributed by atoms with van der Waals surface area (Å²) in [4.78, 5) is 12.3. The minimum atomic E-state index is -0.162. The molecule has 0 spiro atoms. The molecule has 0 aliphatic heterocycles. The van der Waals surface area contributed by atoms with Crippen LogP contribution < -0.4 is 5.32 Å². The molecule has 104 valence electrons. The van der Waals surface area contributed by atoms with Crippen molar-refractivity contribution in [2.24, 2.45) is 0 Å². The van der Waals surface area contributed by atoms with Crippen LogP contribution in [0.15, 0.2) is 45.3 Å². The van der Waals surface area contributed by atoms with E-state index in [0.717, 1.165) is 22.1 Å². The van der Waals surface area contributed by atoms with E-state index in [4.69, 9.17) is 11.6 Å². The Morgan fingerprint density at radius 1 is 1.20 bits per heavy atom. The second-order valence-corrected chi connectivity index (χ2v) is 6.44. The first-order chi connectivity index (χ1) is 9.51. The van der Waals surface area contributed by atoms with Gasteiger partial charge in [0.1, 0.15) is 0 Å². The van der Waals surface area contributed by atoms with E-state index in [0.29, 0.717) is 15.1 Å². The fourth-order valence-electron chi connectivity index (χ4n) is 1.84. The molecule has 0 saturated heterocycles. The zero-order chi connectivity index (χ0) is 14.7. The quantitative estimate of drug-likeness (QED) is 0.684. The van der Waals surface area contributed by atoms with Crippen LogP contribution in [0.4, 0.5) is 5.69 Å². The summed E-state index contributed by atoms with van der Waals surface area (Å²) in [6.45, 7) is 2.05. The molecule has 1 N–H and O–H groups in total. The van der Waals surface area contributed by atoms with Crippen LogP contribution in [0.1, 0.15) is 22.8 Å². The van der Waals surface area contributed by atoms with Gasteiger partial charge in [-0.3, -0.25) is 4.79 Å². The fraction of sp³-hybridized carbons (Fsp3) is 0.133. The molecule has 0 radical (unpaired) electrons. The van der Waals surface area contributed by atoms with E-state index in [1.54, 1.807) is 18.2 Å². The van der Waals surface area contributed by atoms with E-state index in [1.165, 1.54) is 0 Å². The Morgan fingerprint density at radius 2 is 1.95 bits per heavy atom. The summed E-state index contributed by atoms with van der Waals surface area (Å²) in [5, 5.41) is 3.52. The van der Waals surface area contributed by atoms with Gasteiger partial charge in [-0.15, -0.1) is 0 Å². The van der Waals surface area contributed by atoms with Crippen LogP contribution in [0.3, 0.4) is 0 Å². The summed E-state index contributed by atoms with van der Waals surface area (Å²) in [5.41, 5.74) is 2.46.